The van der Waals surface area contributed by atoms with Crippen LogP contribution in [0.25, 0.3) is 0 Å². The van der Waals surface area contributed by atoms with Crippen molar-refractivity contribution in [3.05, 3.63) is 99.6 Å². The molecule has 0 saturated carbocycles. The summed E-state index contributed by atoms with van der Waals surface area (Å²) < 4.78 is 0. The van der Waals surface area contributed by atoms with Crippen LogP contribution in [0.5, 0.6) is 0 Å². The zero-order valence-corrected chi connectivity index (χ0v) is 19.4. The standard InChI is InChI=1S/C26H27N5O4/c1-19-5-7-20(8-6-19)18-27-26(28-22-4-2-3-21(17-22)25(32)33)30-15-13-29(14-16-30)23-9-11-24(12-10-23)31(34)35/h2-12,17H,13-16,18H2,1H3,(H,27,28)(H,32,33). The number of benzene rings is 3. The van der Waals surface area contributed by atoms with Gasteiger partial charge in [0.25, 0.3) is 5.69 Å². The molecule has 1 aliphatic heterocycles. The second-order valence-electron chi connectivity index (χ2n) is 8.38. The number of nitro groups is 1. The van der Waals surface area contributed by atoms with E-state index < -0.39 is 10.9 Å². The summed E-state index contributed by atoms with van der Waals surface area (Å²) in [6.45, 7) is 5.35. The number of carbonyl (C=O) groups is 1. The number of aromatic carboxylic acids is 1. The predicted octanol–water partition coefficient (Wildman–Crippen LogP) is 4.39. The minimum absolute atomic E-state index is 0.0747. The van der Waals surface area contributed by atoms with Gasteiger partial charge in [-0.05, 0) is 42.8 Å². The first-order valence-corrected chi connectivity index (χ1v) is 11.3. The zero-order chi connectivity index (χ0) is 24.8. The van der Waals surface area contributed by atoms with Gasteiger partial charge >= 0.3 is 5.97 Å². The molecule has 0 unspecified atom stereocenters. The Hall–Kier alpha value is -4.40. The van der Waals surface area contributed by atoms with Gasteiger partial charge in [-0.3, -0.25) is 10.1 Å². The molecule has 4 rings (SSSR count). The van der Waals surface area contributed by atoms with Gasteiger partial charge in [0.15, 0.2) is 5.96 Å². The summed E-state index contributed by atoms with van der Waals surface area (Å²) >= 11 is 0. The summed E-state index contributed by atoms with van der Waals surface area (Å²) in [7, 11) is 0. The first kappa shape index (κ1) is 23.7. The number of nitrogens with one attached hydrogen (secondary N) is 1. The van der Waals surface area contributed by atoms with Crippen molar-refractivity contribution in [1.29, 1.82) is 0 Å². The minimum Gasteiger partial charge on any atom is -0.478 e. The van der Waals surface area contributed by atoms with E-state index in [9.17, 15) is 20.0 Å². The molecule has 0 aliphatic carbocycles. The number of carboxylic acids is 1. The molecular formula is C26H27N5O4. The van der Waals surface area contributed by atoms with Gasteiger partial charge in [-0.25, -0.2) is 9.79 Å². The van der Waals surface area contributed by atoms with Crippen molar-refractivity contribution in [3.8, 4) is 0 Å². The van der Waals surface area contributed by atoms with Crippen LogP contribution in [0.15, 0.2) is 77.8 Å². The number of nitro benzene ring substituents is 1. The van der Waals surface area contributed by atoms with E-state index in [2.05, 4.69) is 27.2 Å². The predicted molar refractivity (Wildman–Crippen MR) is 136 cm³/mol. The van der Waals surface area contributed by atoms with Crippen molar-refractivity contribution < 1.29 is 14.8 Å². The first-order valence-electron chi connectivity index (χ1n) is 11.3. The quantitative estimate of drug-likeness (QED) is 0.236. The smallest absolute Gasteiger partial charge is 0.335 e. The lowest BCUT2D eigenvalue weighted by molar-refractivity contribution is -0.384. The number of nitrogens with zero attached hydrogens (tertiary/aromatic N) is 4. The maximum absolute atomic E-state index is 11.4. The van der Waals surface area contributed by atoms with Crippen molar-refractivity contribution in [2.45, 2.75) is 13.5 Å². The monoisotopic (exact) mass is 473 g/mol. The van der Waals surface area contributed by atoms with E-state index in [0.717, 1.165) is 24.3 Å². The summed E-state index contributed by atoms with van der Waals surface area (Å²) in [5, 5.41) is 23.6. The molecular weight excluding hydrogens is 446 g/mol. The molecule has 3 aromatic carbocycles. The molecule has 9 nitrogen and oxygen atoms in total. The minimum atomic E-state index is -0.983. The third-order valence-corrected chi connectivity index (χ3v) is 5.90. The summed E-state index contributed by atoms with van der Waals surface area (Å²) in [6, 6.07) is 21.5. The van der Waals surface area contributed by atoms with Crippen molar-refractivity contribution in [1.82, 2.24) is 4.90 Å². The third-order valence-electron chi connectivity index (χ3n) is 5.90. The molecule has 1 fully saturated rings. The maximum atomic E-state index is 11.4. The molecule has 0 radical (unpaired) electrons. The van der Waals surface area contributed by atoms with Crippen LogP contribution in [0.3, 0.4) is 0 Å². The average Bonchev–Trinajstić information content (AvgIpc) is 2.88. The average molecular weight is 474 g/mol. The molecule has 1 heterocycles. The summed E-state index contributed by atoms with van der Waals surface area (Å²) in [5.41, 5.74) is 4.14. The lowest BCUT2D eigenvalue weighted by atomic mass is 10.1. The molecule has 1 saturated heterocycles. The van der Waals surface area contributed by atoms with E-state index >= 15 is 0 Å². The van der Waals surface area contributed by atoms with E-state index in [1.54, 1.807) is 30.3 Å². The van der Waals surface area contributed by atoms with Gasteiger partial charge in [-0.2, -0.15) is 0 Å². The van der Waals surface area contributed by atoms with E-state index in [-0.39, 0.29) is 11.3 Å². The van der Waals surface area contributed by atoms with Crippen molar-refractivity contribution in [2.75, 3.05) is 36.4 Å². The SMILES string of the molecule is Cc1ccc(CN=C(Nc2cccc(C(=O)O)c2)N2CCN(c3ccc([N+](=O)[O-])cc3)CC2)cc1. The number of non-ortho nitro benzene ring substituents is 1. The molecule has 3 aromatic rings. The molecule has 180 valence electrons. The molecule has 0 atom stereocenters. The Morgan fingerprint density at radius 1 is 1.03 bits per heavy atom. The van der Waals surface area contributed by atoms with Crippen LogP contribution in [0.2, 0.25) is 0 Å². The number of anilines is 2. The third kappa shape index (κ3) is 6.14. The van der Waals surface area contributed by atoms with Gasteiger partial charge in [-0.1, -0.05) is 35.9 Å². The number of guanidine groups is 1. The zero-order valence-electron chi connectivity index (χ0n) is 19.4. The molecule has 1 aliphatic rings. The Morgan fingerprint density at radius 2 is 1.71 bits per heavy atom. The molecule has 9 heteroatoms. The highest BCUT2D eigenvalue weighted by Crippen LogP contribution is 2.21. The number of rotatable bonds is 6. The highest BCUT2D eigenvalue weighted by molar-refractivity contribution is 5.96. The molecule has 35 heavy (non-hydrogen) atoms. The van der Waals surface area contributed by atoms with Crippen LogP contribution < -0.4 is 10.2 Å². The van der Waals surface area contributed by atoms with Crippen molar-refractivity contribution in [3.63, 3.8) is 0 Å². The number of hydrogen-bond donors (Lipinski definition) is 2. The number of aliphatic imine (C=N–C) groups is 1. The number of piperazine rings is 1. The lowest BCUT2D eigenvalue weighted by Crippen LogP contribution is -2.50. The van der Waals surface area contributed by atoms with Crippen LogP contribution in [-0.4, -0.2) is 53.0 Å². The summed E-state index contributed by atoms with van der Waals surface area (Å²) in [6.07, 6.45) is 0. The van der Waals surface area contributed by atoms with Gasteiger partial charge in [0.2, 0.25) is 0 Å². The maximum Gasteiger partial charge on any atom is 0.335 e. The lowest BCUT2D eigenvalue weighted by Gasteiger charge is -2.37. The second-order valence-corrected chi connectivity index (χ2v) is 8.38. The highest BCUT2D eigenvalue weighted by atomic mass is 16.6. The van der Waals surface area contributed by atoms with Crippen LogP contribution in [0, 0.1) is 17.0 Å². The largest absolute Gasteiger partial charge is 0.478 e. The van der Waals surface area contributed by atoms with Gasteiger partial charge < -0.3 is 20.2 Å². The molecule has 0 spiro atoms. The number of carboxylic acid groups (broad SMARTS) is 1. The fourth-order valence-corrected chi connectivity index (χ4v) is 3.90. The fourth-order valence-electron chi connectivity index (χ4n) is 3.90. The number of aryl methyl sites for hydroxylation is 1. The van der Waals surface area contributed by atoms with E-state index in [0.29, 0.717) is 31.3 Å². The number of hydrogen-bond acceptors (Lipinski definition) is 5. The molecule has 2 N–H and O–H groups in total. The Bertz CT molecular complexity index is 1220. The first-order chi connectivity index (χ1) is 16.9. The second kappa shape index (κ2) is 10.7. The highest BCUT2D eigenvalue weighted by Gasteiger charge is 2.21. The van der Waals surface area contributed by atoms with E-state index in [1.807, 2.05) is 25.1 Å². The van der Waals surface area contributed by atoms with Crippen LogP contribution in [-0.2, 0) is 6.54 Å². The van der Waals surface area contributed by atoms with Gasteiger partial charge in [0, 0.05) is 49.7 Å². The van der Waals surface area contributed by atoms with Crippen molar-refractivity contribution in [2.24, 2.45) is 4.99 Å². The Balaban J connectivity index is 1.50. The van der Waals surface area contributed by atoms with Gasteiger partial charge in [-0.15, -0.1) is 0 Å². The summed E-state index contributed by atoms with van der Waals surface area (Å²) in [4.78, 5) is 31.1. The van der Waals surface area contributed by atoms with Crippen LogP contribution >= 0.6 is 0 Å². The fraction of sp³-hybridized carbons (Fsp3) is 0.231. The molecule has 0 bridgehead atoms. The molecule has 0 aromatic heterocycles. The van der Waals surface area contributed by atoms with Crippen molar-refractivity contribution >= 4 is 29.0 Å². The Labute approximate surface area is 203 Å². The van der Waals surface area contributed by atoms with Crippen LogP contribution in [0.4, 0.5) is 17.1 Å². The Morgan fingerprint density at radius 3 is 2.34 bits per heavy atom. The van der Waals surface area contributed by atoms with Crippen LogP contribution in [0.1, 0.15) is 21.5 Å². The van der Waals surface area contributed by atoms with E-state index in [4.69, 9.17) is 4.99 Å². The van der Waals surface area contributed by atoms with Gasteiger partial charge in [0.05, 0.1) is 17.0 Å². The van der Waals surface area contributed by atoms with E-state index in [1.165, 1.54) is 17.7 Å². The normalized spacial score (nSPS) is 14.0. The summed E-state index contributed by atoms with van der Waals surface area (Å²) in [5.74, 6) is -0.306. The Kier molecular flexibility index (Phi) is 7.25. The van der Waals surface area contributed by atoms with Gasteiger partial charge in [0.1, 0.15) is 0 Å². The molecule has 0 amide bonds. The topological polar surface area (TPSA) is 111 Å².